The smallest absolute Gasteiger partial charge is 0.226 e. The standard InChI is InChI=1S/C30H32N6O3/c1-37-25-11-10-21(17-27(25)38-2)18-31-30-32-19-24(29-33-28(34-36(29)30)26-9-6-16-39-26)20-35-14-12-23(13-15-35)22-7-4-3-5-8-22/h3-11,16-17,19,23H,12-15,18,20H2,1-2H3,(H,31,32). The van der Waals surface area contributed by atoms with E-state index >= 15 is 0 Å². The van der Waals surface area contributed by atoms with Gasteiger partial charge in [0.05, 0.1) is 20.5 Å². The van der Waals surface area contributed by atoms with Gasteiger partial charge in [-0.15, -0.1) is 5.10 Å². The Morgan fingerprint density at radius 3 is 2.54 bits per heavy atom. The van der Waals surface area contributed by atoms with Gasteiger partial charge in [-0.25, -0.2) is 9.97 Å². The van der Waals surface area contributed by atoms with Crippen molar-refractivity contribution < 1.29 is 13.9 Å². The van der Waals surface area contributed by atoms with E-state index in [-0.39, 0.29) is 0 Å². The molecule has 0 radical (unpaired) electrons. The first-order chi connectivity index (χ1) is 19.2. The summed E-state index contributed by atoms with van der Waals surface area (Å²) in [4.78, 5) is 12.1. The van der Waals surface area contributed by atoms with Gasteiger partial charge in [-0.1, -0.05) is 36.4 Å². The van der Waals surface area contributed by atoms with E-state index in [0.29, 0.717) is 41.5 Å². The second kappa shape index (κ2) is 11.2. The predicted octanol–water partition coefficient (Wildman–Crippen LogP) is 5.39. The Labute approximate surface area is 227 Å². The highest BCUT2D eigenvalue weighted by molar-refractivity contribution is 5.58. The highest BCUT2D eigenvalue weighted by Gasteiger charge is 2.23. The van der Waals surface area contributed by atoms with Crippen LogP contribution in [0.3, 0.4) is 0 Å². The molecule has 9 heteroatoms. The number of fused-ring (bicyclic) bond motifs is 1. The Kier molecular flexibility index (Phi) is 7.14. The number of ether oxygens (including phenoxy) is 2. The molecule has 0 bridgehead atoms. The molecule has 0 amide bonds. The minimum atomic E-state index is 0.532. The molecule has 0 aliphatic carbocycles. The van der Waals surface area contributed by atoms with Crippen molar-refractivity contribution in [1.29, 1.82) is 0 Å². The molecule has 39 heavy (non-hydrogen) atoms. The van der Waals surface area contributed by atoms with Crippen molar-refractivity contribution in [2.24, 2.45) is 0 Å². The molecule has 200 valence electrons. The lowest BCUT2D eigenvalue weighted by molar-refractivity contribution is 0.205. The highest BCUT2D eigenvalue weighted by atomic mass is 16.5. The summed E-state index contributed by atoms with van der Waals surface area (Å²) in [5.41, 5.74) is 4.28. The largest absolute Gasteiger partial charge is 0.493 e. The van der Waals surface area contributed by atoms with Crippen molar-refractivity contribution in [3.05, 3.63) is 89.8 Å². The number of benzene rings is 2. The first-order valence-corrected chi connectivity index (χ1v) is 13.2. The number of methoxy groups -OCH3 is 2. The normalized spacial score (nSPS) is 14.5. The van der Waals surface area contributed by atoms with E-state index in [1.54, 1.807) is 25.0 Å². The van der Waals surface area contributed by atoms with Gasteiger partial charge in [-0.05, 0) is 67.2 Å². The maximum absolute atomic E-state index is 5.59. The summed E-state index contributed by atoms with van der Waals surface area (Å²) in [5, 5.41) is 8.17. The van der Waals surface area contributed by atoms with Gasteiger partial charge in [0.25, 0.3) is 0 Å². The fourth-order valence-electron chi connectivity index (χ4n) is 5.22. The minimum absolute atomic E-state index is 0.532. The molecule has 0 spiro atoms. The molecule has 2 aromatic carbocycles. The minimum Gasteiger partial charge on any atom is -0.493 e. The first kappa shape index (κ1) is 24.9. The van der Waals surface area contributed by atoms with Crippen LogP contribution >= 0.6 is 0 Å². The average molecular weight is 525 g/mol. The second-order valence-electron chi connectivity index (χ2n) is 9.76. The summed E-state index contributed by atoms with van der Waals surface area (Å²) in [7, 11) is 3.26. The third-order valence-corrected chi connectivity index (χ3v) is 7.33. The molecule has 3 aromatic heterocycles. The van der Waals surface area contributed by atoms with E-state index in [2.05, 4.69) is 40.5 Å². The van der Waals surface area contributed by atoms with Crippen LogP contribution in [-0.2, 0) is 13.1 Å². The molecule has 1 aliphatic rings. The molecule has 0 atom stereocenters. The zero-order valence-corrected chi connectivity index (χ0v) is 22.2. The lowest BCUT2D eigenvalue weighted by Crippen LogP contribution is -2.32. The van der Waals surface area contributed by atoms with E-state index in [1.807, 2.05) is 36.5 Å². The summed E-state index contributed by atoms with van der Waals surface area (Å²) in [6, 6.07) is 20.4. The van der Waals surface area contributed by atoms with Gasteiger partial charge in [0, 0.05) is 24.8 Å². The zero-order chi connectivity index (χ0) is 26.6. The van der Waals surface area contributed by atoms with Gasteiger partial charge in [0.15, 0.2) is 22.9 Å². The summed E-state index contributed by atoms with van der Waals surface area (Å²) in [6.07, 6.45) is 5.83. The molecule has 0 saturated carbocycles. The zero-order valence-electron chi connectivity index (χ0n) is 22.2. The van der Waals surface area contributed by atoms with Gasteiger partial charge in [0.2, 0.25) is 11.8 Å². The lowest BCUT2D eigenvalue weighted by atomic mass is 9.89. The van der Waals surface area contributed by atoms with Crippen molar-refractivity contribution in [2.45, 2.75) is 31.8 Å². The number of anilines is 1. The third-order valence-electron chi connectivity index (χ3n) is 7.33. The molecule has 1 aliphatic heterocycles. The second-order valence-corrected chi connectivity index (χ2v) is 9.76. The maximum atomic E-state index is 5.59. The lowest BCUT2D eigenvalue weighted by Gasteiger charge is -2.32. The van der Waals surface area contributed by atoms with Crippen molar-refractivity contribution in [1.82, 2.24) is 24.5 Å². The Morgan fingerprint density at radius 2 is 1.79 bits per heavy atom. The summed E-state index contributed by atoms with van der Waals surface area (Å²) in [6.45, 7) is 3.36. The van der Waals surface area contributed by atoms with Crippen LogP contribution in [0.25, 0.3) is 17.2 Å². The van der Waals surface area contributed by atoms with Gasteiger partial charge in [-0.2, -0.15) is 4.52 Å². The fraction of sp³-hybridized carbons (Fsp3) is 0.300. The molecule has 1 fully saturated rings. The first-order valence-electron chi connectivity index (χ1n) is 13.2. The molecule has 1 saturated heterocycles. The van der Waals surface area contributed by atoms with Crippen LogP contribution in [0.1, 0.15) is 35.4 Å². The Morgan fingerprint density at radius 1 is 0.974 bits per heavy atom. The molecule has 1 N–H and O–H groups in total. The summed E-state index contributed by atoms with van der Waals surface area (Å²) < 4.78 is 18.2. The van der Waals surface area contributed by atoms with Gasteiger partial charge in [-0.3, -0.25) is 4.90 Å². The highest BCUT2D eigenvalue weighted by Crippen LogP contribution is 2.30. The number of nitrogens with zero attached hydrogens (tertiary/aromatic N) is 5. The van der Waals surface area contributed by atoms with Gasteiger partial charge in [0.1, 0.15) is 0 Å². The number of aromatic nitrogens is 4. The number of furan rings is 1. The molecule has 9 nitrogen and oxygen atoms in total. The number of hydrogen-bond acceptors (Lipinski definition) is 8. The van der Waals surface area contributed by atoms with Crippen LogP contribution in [0.4, 0.5) is 5.95 Å². The molecule has 5 aromatic rings. The Bertz CT molecular complexity index is 1530. The van der Waals surface area contributed by atoms with Crippen LogP contribution in [0.5, 0.6) is 11.5 Å². The Hall–Kier alpha value is -4.37. The Balaban J connectivity index is 1.23. The molecular formula is C30H32N6O3. The summed E-state index contributed by atoms with van der Waals surface area (Å²) in [5.74, 6) is 3.75. The van der Waals surface area contributed by atoms with Crippen molar-refractivity contribution in [3.8, 4) is 23.1 Å². The van der Waals surface area contributed by atoms with Crippen LogP contribution < -0.4 is 14.8 Å². The summed E-state index contributed by atoms with van der Waals surface area (Å²) >= 11 is 0. The maximum Gasteiger partial charge on any atom is 0.226 e. The van der Waals surface area contributed by atoms with Gasteiger partial charge >= 0.3 is 0 Å². The van der Waals surface area contributed by atoms with E-state index in [9.17, 15) is 0 Å². The molecule has 4 heterocycles. The average Bonchev–Trinajstić information content (AvgIpc) is 3.69. The molecule has 0 unspecified atom stereocenters. The predicted molar refractivity (Wildman–Crippen MR) is 149 cm³/mol. The number of likely N-dealkylation sites (tertiary alicyclic amines) is 1. The van der Waals surface area contributed by atoms with Crippen molar-refractivity contribution in [3.63, 3.8) is 0 Å². The molecule has 6 rings (SSSR count). The number of hydrogen-bond donors (Lipinski definition) is 1. The van der Waals surface area contributed by atoms with E-state index < -0.39 is 0 Å². The monoisotopic (exact) mass is 524 g/mol. The molecular weight excluding hydrogens is 492 g/mol. The van der Waals surface area contributed by atoms with Crippen molar-refractivity contribution in [2.75, 3.05) is 32.6 Å². The van der Waals surface area contributed by atoms with Crippen LogP contribution in [0, 0.1) is 0 Å². The van der Waals surface area contributed by atoms with Crippen LogP contribution in [0.2, 0.25) is 0 Å². The number of nitrogens with one attached hydrogen (secondary N) is 1. The number of rotatable bonds is 9. The van der Waals surface area contributed by atoms with Crippen LogP contribution in [-0.4, -0.2) is 51.8 Å². The topological polar surface area (TPSA) is 90.0 Å². The SMILES string of the molecule is COc1ccc(CNc2ncc(CN3CCC(c4ccccc4)CC3)c3nc(-c4ccco4)nn23)cc1OC. The van der Waals surface area contributed by atoms with E-state index in [1.165, 1.54) is 5.56 Å². The van der Waals surface area contributed by atoms with Crippen molar-refractivity contribution >= 4 is 11.6 Å². The third kappa shape index (κ3) is 5.31. The van der Waals surface area contributed by atoms with E-state index in [0.717, 1.165) is 49.2 Å². The number of piperidine rings is 1. The van der Waals surface area contributed by atoms with Gasteiger partial charge < -0.3 is 19.2 Å². The fourth-order valence-corrected chi connectivity index (χ4v) is 5.22. The van der Waals surface area contributed by atoms with E-state index in [4.69, 9.17) is 29.0 Å². The quantitative estimate of drug-likeness (QED) is 0.274. The van der Waals surface area contributed by atoms with Crippen LogP contribution in [0.15, 0.2) is 77.5 Å².